The average molecular weight is 354 g/mol. The van der Waals surface area contributed by atoms with Gasteiger partial charge in [-0.3, -0.25) is 9.59 Å². The average Bonchev–Trinajstić information content (AvgIpc) is 2.66. The molecule has 0 fully saturated rings. The number of methoxy groups -OCH3 is 1. The minimum atomic E-state index is -0.271. The van der Waals surface area contributed by atoms with Gasteiger partial charge in [0.15, 0.2) is 0 Å². The van der Waals surface area contributed by atoms with Crippen molar-refractivity contribution in [2.24, 2.45) is 5.92 Å². The van der Waals surface area contributed by atoms with E-state index in [1.165, 1.54) is 0 Å². The van der Waals surface area contributed by atoms with Crippen LogP contribution in [-0.2, 0) is 9.53 Å². The van der Waals surface area contributed by atoms with Crippen molar-refractivity contribution in [3.8, 4) is 11.1 Å². The second-order valence-electron chi connectivity index (χ2n) is 6.50. The lowest BCUT2D eigenvalue weighted by molar-refractivity contribution is -0.121. The molecule has 1 atom stereocenters. The Labute approximate surface area is 154 Å². The maximum absolute atomic E-state index is 12.2. The molecule has 0 heterocycles. The third-order valence-corrected chi connectivity index (χ3v) is 4.16. The van der Waals surface area contributed by atoms with Crippen molar-refractivity contribution in [2.45, 2.75) is 19.9 Å². The van der Waals surface area contributed by atoms with Crippen LogP contribution < -0.4 is 10.6 Å². The zero-order valence-corrected chi connectivity index (χ0v) is 15.5. The van der Waals surface area contributed by atoms with Gasteiger partial charge < -0.3 is 15.4 Å². The number of benzene rings is 2. The summed E-state index contributed by atoms with van der Waals surface area (Å²) in [6.45, 7) is 4.40. The van der Waals surface area contributed by atoms with Gasteiger partial charge in [0.1, 0.15) is 0 Å². The molecular formula is C21H26N2O3. The molecular weight excluding hydrogens is 328 g/mol. The molecule has 2 amide bonds. The zero-order chi connectivity index (χ0) is 18.9. The van der Waals surface area contributed by atoms with Crippen LogP contribution in [0.4, 0.5) is 0 Å². The van der Waals surface area contributed by atoms with Crippen molar-refractivity contribution >= 4 is 11.8 Å². The van der Waals surface area contributed by atoms with Crippen LogP contribution in [-0.4, -0.2) is 38.1 Å². The van der Waals surface area contributed by atoms with Crippen molar-refractivity contribution < 1.29 is 14.3 Å². The summed E-state index contributed by atoms with van der Waals surface area (Å²) < 4.78 is 5.11. The van der Waals surface area contributed by atoms with Crippen LogP contribution >= 0.6 is 0 Å². The quantitative estimate of drug-likeness (QED) is 0.766. The van der Waals surface area contributed by atoms with Crippen molar-refractivity contribution in [1.29, 1.82) is 0 Å². The molecule has 0 aliphatic rings. The van der Waals surface area contributed by atoms with Crippen molar-refractivity contribution in [1.82, 2.24) is 10.6 Å². The number of hydrogen-bond donors (Lipinski definition) is 2. The number of nitrogens with one attached hydrogen (secondary N) is 2. The predicted molar refractivity (Wildman–Crippen MR) is 103 cm³/mol. The van der Waals surface area contributed by atoms with E-state index >= 15 is 0 Å². The first-order valence-corrected chi connectivity index (χ1v) is 8.73. The number of carbonyl (C=O) groups excluding carboxylic acids is 2. The first-order valence-electron chi connectivity index (χ1n) is 8.73. The lowest BCUT2D eigenvalue weighted by atomic mass is 10.0. The minimum Gasteiger partial charge on any atom is -0.383 e. The minimum absolute atomic E-state index is 0.0633. The summed E-state index contributed by atoms with van der Waals surface area (Å²) >= 11 is 0. The van der Waals surface area contributed by atoms with E-state index < -0.39 is 0 Å². The number of rotatable bonds is 8. The summed E-state index contributed by atoms with van der Waals surface area (Å²) in [7, 11) is 1.60. The third kappa shape index (κ3) is 5.70. The molecule has 0 aliphatic heterocycles. The molecule has 0 aromatic heterocycles. The molecule has 0 unspecified atom stereocenters. The Morgan fingerprint density at radius 3 is 2.15 bits per heavy atom. The van der Waals surface area contributed by atoms with E-state index in [2.05, 4.69) is 10.6 Å². The molecule has 2 aromatic rings. The van der Waals surface area contributed by atoms with Gasteiger partial charge in [-0.1, -0.05) is 56.3 Å². The highest BCUT2D eigenvalue weighted by Crippen LogP contribution is 2.19. The van der Waals surface area contributed by atoms with Gasteiger partial charge in [-0.05, 0) is 29.2 Å². The normalized spacial score (nSPS) is 11.8. The lowest BCUT2D eigenvalue weighted by Gasteiger charge is -2.21. The third-order valence-electron chi connectivity index (χ3n) is 4.16. The highest BCUT2D eigenvalue weighted by molar-refractivity contribution is 5.96. The fourth-order valence-electron chi connectivity index (χ4n) is 2.55. The maximum atomic E-state index is 12.2. The van der Waals surface area contributed by atoms with Crippen molar-refractivity contribution in [2.75, 3.05) is 20.3 Å². The van der Waals surface area contributed by atoms with Gasteiger partial charge in [0, 0.05) is 12.7 Å². The van der Waals surface area contributed by atoms with E-state index in [1.54, 1.807) is 19.2 Å². The fourth-order valence-corrected chi connectivity index (χ4v) is 2.55. The molecule has 0 bridgehead atoms. The van der Waals surface area contributed by atoms with Gasteiger partial charge >= 0.3 is 0 Å². The van der Waals surface area contributed by atoms with Crippen LogP contribution in [0, 0.1) is 5.92 Å². The topological polar surface area (TPSA) is 67.4 Å². The summed E-state index contributed by atoms with van der Waals surface area (Å²) in [4.78, 5) is 24.3. The summed E-state index contributed by atoms with van der Waals surface area (Å²) in [5.41, 5.74) is 2.66. The first kappa shape index (κ1) is 19.7. The molecule has 0 saturated heterocycles. The Kier molecular flexibility index (Phi) is 7.36. The maximum Gasteiger partial charge on any atom is 0.251 e. The van der Waals surface area contributed by atoms with E-state index in [-0.39, 0.29) is 30.3 Å². The second-order valence-corrected chi connectivity index (χ2v) is 6.50. The van der Waals surface area contributed by atoms with Gasteiger partial charge in [-0.15, -0.1) is 0 Å². The van der Waals surface area contributed by atoms with Gasteiger partial charge in [0.25, 0.3) is 5.91 Å². The van der Waals surface area contributed by atoms with E-state index in [4.69, 9.17) is 4.74 Å². The Morgan fingerprint density at radius 1 is 0.962 bits per heavy atom. The largest absolute Gasteiger partial charge is 0.383 e. The summed E-state index contributed by atoms with van der Waals surface area (Å²) in [6, 6.07) is 17.2. The second kappa shape index (κ2) is 9.73. The first-order chi connectivity index (χ1) is 12.5. The number of ether oxygens (including phenoxy) is 1. The standard InChI is InChI=1S/C21H26N2O3/c1-15(2)19(14-26-3)23-20(24)13-22-21(25)18-11-9-17(10-12-18)16-7-5-4-6-8-16/h4-12,15,19H,13-14H2,1-3H3,(H,22,25)(H,23,24)/t19-/m0/s1. The van der Waals surface area contributed by atoms with Crippen LogP contribution in [0.3, 0.4) is 0 Å². The smallest absolute Gasteiger partial charge is 0.251 e. The van der Waals surface area contributed by atoms with Gasteiger partial charge in [-0.2, -0.15) is 0 Å². The molecule has 2 rings (SSSR count). The van der Waals surface area contributed by atoms with Gasteiger partial charge in [0.2, 0.25) is 5.91 Å². The van der Waals surface area contributed by atoms with Gasteiger partial charge in [-0.25, -0.2) is 0 Å². The van der Waals surface area contributed by atoms with Crippen LogP contribution in [0.25, 0.3) is 11.1 Å². The molecule has 5 nitrogen and oxygen atoms in total. The Hall–Kier alpha value is -2.66. The Balaban J connectivity index is 1.88. The van der Waals surface area contributed by atoms with Crippen LogP contribution in [0.15, 0.2) is 54.6 Å². The highest BCUT2D eigenvalue weighted by Gasteiger charge is 2.16. The van der Waals surface area contributed by atoms with E-state index in [9.17, 15) is 9.59 Å². The highest BCUT2D eigenvalue weighted by atomic mass is 16.5. The number of amides is 2. The summed E-state index contributed by atoms with van der Waals surface area (Å²) in [5, 5.41) is 5.53. The number of hydrogen-bond acceptors (Lipinski definition) is 3. The lowest BCUT2D eigenvalue weighted by Crippen LogP contribution is -2.46. The molecule has 0 aliphatic carbocycles. The fraction of sp³-hybridized carbons (Fsp3) is 0.333. The van der Waals surface area contributed by atoms with Crippen molar-refractivity contribution in [3.05, 3.63) is 60.2 Å². The van der Waals surface area contributed by atoms with Crippen LogP contribution in [0.5, 0.6) is 0 Å². The number of carbonyl (C=O) groups is 2. The van der Waals surface area contributed by atoms with Crippen LogP contribution in [0.2, 0.25) is 0 Å². The zero-order valence-electron chi connectivity index (χ0n) is 15.5. The van der Waals surface area contributed by atoms with Crippen LogP contribution in [0.1, 0.15) is 24.2 Å². The molecule has 138 valence electrons. The molecule has 0 spiro atoms. The Morgan fingerprint density at radius 2 is 1.58 bits per heavy atom. The predicted octanol–water partition coefficient (Wildman–Crippen LogP) is 2.87. The molecule has 0 radical (unpaired) electrons. The van der Waals surface area contributed by atoms with E-state index in [1.807, 2.05) is 56.3 Å². The summed E-state index contributed by atoms with van der Waals surface area (Å²) in [5.74, 6) is -0.247. The summed E-state index contributed by atoms with van der Waals surface area (Å²) in [6.07, 6.45) is 0. The monoisotopic (exact) mass is 354 g/mol. The van der Waals surface area contributed by atoms with Gasteiger partial charge in [0.05, 0.1) is 19.2 Å². The van der Waals surface area contributed by atoms with E-state index in [0.29, 0.717) is 12.2 Å². The molecule has 26 heavy (non-hydrogen) atoms. The van der Waals surface area contributed by atoms with E-state index in [0.717, 1.165) is 11.1 Å². The molecule has 5 heteroatoms. The molecule has 0 saturated carbocycles. The SMILES string of the molecule is COC[C@H](NC(=O)CNC(=O)c1ccc(-c2ccccc2)cc1)C(C)C. The molecule has 2 N–H and O–H groups in total. The molecule has 2 aromatic carbocycles. The van der Waals surface area contributed by atoms with Crippen molar-refractivity contribution in [3.63, 3.8) is 0 Å². The Bertz CT molecular complexity index is 712.